The van der Waals surface area contributed by atoms with Gasteiger partial charge in [-0.2, -0.15) is 0 Å². The first-order valence-corrected chi connectivity index (χ1v) is 7.94. The van der Waals surface area contributed by atoms with Crippen LogP contribution in [0.5, 0.6) is 0 Å². The van der Waals surface area contributed by atoms with E-state index in [-0.39, 0.29) is 6.04 Å². The fourth-order valence-electron chi connectivity index (χ4n) is 2.28. The van der Waals surface area contributed by atoms with E-state index in [1.165, 1.54) is 5.56 Å². The molecule has 0 aliphatic heterocycles. The minimum Gasteiger partial charge on any atom is -0.440 e. The lowest BCUT2D eigenvalue weighted by Crippen LogP contribution is -2.33. The highest BCUT2D eigenvalue weighted by Gasteiger charge is 2.27. The zero-order chi connectivity index (χ0) is 14.4. The zero-order valence-corrected chi connectivity index (χ0v) is 13.1. The van der Waals surface area contributed by atoms with Gasteiger partial charge >= 0.3 is 0 Å². The first-order chi connectivity index (χ1) is 9.72. The van der Waals surface area contributed by atoms with Crippen molar-refractivity contribution in [2.24, 2.45) is 5.92 Å². The lowest BCUT2D eigenvalue weighted by molar-refractivity contribution is 0.430. The highest BCUT2D eigenvalue weighted by molar-refractivity contribution is 7.99. The fraction of sp³-hybridized carbons (Fsp3) is 0.438. The third kappa shape index (κ3) is 3.87. The molecule has 1 heterocycles. The molecule has 1 aromatic carbocycles. The van der Waals surface area contributed by atoms with E-state index in [1.807, 2.05) is 0 Å². The molecule has 4 heteroatoms. The van der Waals surface area contributed by atoms with Gasteiger partial charge in [0, 0.05) is 11.3 Å². The standard InChI is InChI=1S/C16H22N2OS/c1-4-17-14(13-8-6-5-7-9-13)15(12(2)3)20-16-18-10-11-19-16/h5-12,14-15,17H,4H2,1-3H3. The summed E-state index contributed by atoms with van der Waals surface area (Å²) < 4.78 is 5.40. The van der Waals surface area contributed by atoms with Crippen LogP contribution in [0.15, 0.2) is 52.4 Å². The van der Waals surface area contributed by atoms with E-state index in [0.29, 0.717) is 11.2 Å². The third-order valence-corrected chi connectivity index (χ3v) is 4.71. The lowest BCUT2D eigenvalue weighted by Gasteiger charge is -2.29. The molecule has 0 radical (unpaired) electrons. The molecule has 2 rings (SSSR count). The van der Waals surface area contributed by atoms with E-state index in [9.17, 15) is 0 Å². The Bertz CT molecular complexity index is 484. The molecule has 0 saturated carbocycles. The second-order valence-electron chi connectivity index (χ2n) is 5.07. The molecule has 0 saturated heterocycles. The number of hydrogen-bond donors (Lipinski definition) is 1. The van der Waals surface area contributed by atoms with Gasteiger partial charge < -0.3 is 9.73 Å². The summed E-state index contributed by atoms with van der Waals surface area (Å²) in [5, 5.41) is 4.71. The zero-order valence-electron chi connectivity index (χ0n) is 12.2. The average molecular weight is 290 g/mol. The molecule has 0 fully saturated rings. The van der Waals surface area contributed by atoms with Crippen molar-refractivity contribution in [2.45, 2.75) is 37.3 Å². The number of rotatable bonds is 7. The minimum atomic E-state index is 0.290. The van der Waals surface area contributed by atoms with Gasteiger partial charge in [-0.15, -0.1) is 0 Å². The van der Waals surface area contributed by atoms with Gasteiger partial charge in [-0.1, -0.05) is 62.9 Å². The van der Waals surface area contributed by atoms with Crippen molar-refractivity contribution in [3.05, 3.63) is 48.4 Å². The van der Waals surface area contributed by atoms with Crippen LogP contribution >= 0.6 is 11.8 Å². The Morgan fingerprint density at radius 3 is 2.55 bits per heavy atom. The van der Waals surface area contributed by atoms with Gasteiger partial charge in [0.25, 0.3) is 5.22 Å². The second kappa shape index (κ2) is 7.50. The summed E-state index contributed by atoms with van der Waals surface area (Å²) in [5.74, 6) is 0.510. The minimum absolute atomic E-state index is 0.290. The molecular weight excluding hydrogens is 268 g/mol. The Kier molecular flexibility index (Phi) is 5.68. The maximum absolute atomic E-state index is 5.40. The van der Waals surface area contributed by atoms with E-state index in [0.717, 1.165) is 11.8 Å². The Morgan fingerprint density at radius 1 is 1.25 bits per heavy atom. The van der Waals surface area contributed by atoms with Crippen LogP contribution in [0.1, 0.15) is 32.4 Å². The monoisotopic (exact) mass is 290 g/mol. The fourth-order valence-corrected chi connectivity index (χ4v) is 3.41. The number of oxazole rings is 1. The van der Waals surface area contributed by atoms with Gasteiger partial charge in [0.1, 0.15) is 6.26 Å². The molecule has 20 heavy (non-hydrogen) atoms. The predicted molar refractivity (Wildman–Crippen MR) is 83.8 cm³/mol. The summed E-state index contributed by atoms with van der Waals surface area (Å²) >= 11 is 1.71. The Labute approximate surface area is 125 Å². The lowest BCUT2D eigenvalue weighted by atomic mass is 9.96. The summed E-state index contributed by atoms with van der Waals surface area (Å²) in [4.78, 5) is 4.24. The smallest absolute Gasteiger partial charge is 0.255 e. The van der Waals surface area contributed by atoms with E-state index in [1.54, 1.807) is 24.2 Å². The maximum Gasteiger partial charge on any atom is 0.255 e. The summed E-state index contributed by atoms with van der Waals surface area (Å²) in [6, 6.07) is 10.9. The van der Waals surface area contributed by atoms with Gasteiger partial charge in [0.05, 0.1) is 6.20 Å². The molecule has 2 atom stereocenters. The molecule has 0 spiro atoms. The summed E-state index contributed by atoms with van der Waals surface area (Å²) in [6.07, 6.45) is 3.33. The van der Waals surface area contributed by atoms with Gasteiger partial charge in [0.2, 0.25) is 0 Å². The quantitative estimate of drug-likeness (QED) is 0.778. The topological polar surface area (TPSA) is 38.1 Å². The van der Waals surface area contributed by atoms with Crippen LogP contribution in [0.25, 0.3) is 0 Å². The van der Waals surface area contributed by atoms with Gasteiger partial charge in [-0.3, -0.25) is 0 Å². The second-order valence-corrected chi connectivity index (χ2v) is 6.20. The number of nitrogens with zero attached hydrogens (tertiary/aromatic N) is 1. The van der Waals surface area contributed by atoms with Crippen molar-refractivity contribution in [3.63, 3.8) is 0 Å². The van der Waals surface area contributed by atoms with Crippen LogP contribution < -0.4 is 5.32 Å². The summed E-state index contributed by atoms with van der Waals surface area (Å²) in [6.45, 7) is 7.57. The van der Waals surface area contributed by atoms with Crippen molar-refractivity contribution in [1.82, 2.24) is 10.3 Å². The molecule has 1 N–H and O–H groups in total. The summed E-state index contributed by atoms with van der Waals surface area (Å²) in [7, 11) is 0. The van der Waals surface area contributed by atoms with Crippen LogP contribution in [0.3, 0.4) is 0 Å². The van der Waals surface area contributed by atoms with Gasteiger partial charge in [-0.25, -0.2) is 4.98 Å². The normalized spacial score (nSPS) is 14.4. The number of nitrogens with one attached hydrogen (secondary N) is 1. The van der Waals surface area contributed by atoms with E-state index in [2.05, 4.69) is 61.4 Å². The van der Waals surface area contributed by atoms with Gasteiger partial charge in [0.15, 0.2) is 0 Å². The molecule has 1 aromatic heterocycles. The number of hydrogen-bond acceptors (Lipinski definition) is 4. The van der Waals surface area contributed by atoms with Crippen LogP contribution in [-0.4, -0.2) is 16.8 Å². The molecular formula is C16H22N2OS. The van der Waals surface area contributed by atoms with E-state index >= 15 is 0 Å². The van der Waals surface area contributed by atoms with Crippen LogP contribution in [0, 0.1) is 5.92 Å². The maximum atomic E-state index is 5.40. The third-order valence-electron chi connectivity index (χ3n) is 3.21. The highest BCUT2D eigenvalue weighted by atomic mass is 32.2. The molecule has 3 nitrogen and oxygen atoms in total. The van der Waals surface area contributed by atoms with Gasteiger partial charge in [-0.05, 0) is 18.0 Å². The number of aromatic nitrogens is 1. The highest BCUT2D eigenvalue weighted by Crippen LogP contribution is 2.36. The molecule has 0 aliphatic carbocycles. The first-order valence-electron chi connectivity index (χ1n) is 7.06. The largest absolute Gasteiger partial charge is 0.440 e. The molecule has 0 aliphatic rings. The molecule has 2 aromatic rings. The molecule has 108 valence electrons. The van der Waals surface area contributed by atoms with Crippen molar-refractivity contribution in [3.8, 4) is 0 Å². The van der Waals surface area contributed by atoms with Crippen molar-refractivity contribution in [2.75, 3.05) is 6.54 Å². The number of thioether (sulfide) groups is 1. The van der Waals surface area contributed by atoms with Crippen molar-refractivity contribution < 1.29 is 4.42 Å². The first kappa shape index (κ1) is 15.1. The van der Waals surface area contributed by atoms with Crippen molar-refractivity contribution in [1.29, 1.82) is 0 Å². The van der Waals surface area contributed by atoms with Crippen LogP contribution in [-0.2, 0) is 0 Å². The summed E-state index contributed by atoms with van der Waals surface area (Å²) in [5.41, 5.74) is 1.31. The molecule has 2 unspecified atom stereocenters. The van der Waals surface area contributed by atoms with Crippen LogP contribution in [0.4, 0.5) is 0 Å². The SMILES string of the molecule is CCNC(c1ccccc1)C(Sc1ncco1)C(C)C. The van der Waals surface area contributed by atoms with Crippen LogP contribution in [0.2, 0.25) is 0 Å². The predicted octanol–water partition coefficient (Wildman–Crippen LogP) is 4.14. The van der Waals surface area contributed by atoms with E-state index < -0.39 is 0 Å². The van der Waals surface area contributed by atoms with Crippen molar-refractivity contribution >= 4 is 11.8 Å². The Balaban J connectivity index is 2.23. The average Bonchev–Trinajstić information content (AvgIpc) is 2.96. The molecule has 0 amide bonds. The Morgan fingerprint density at radius 2 is 2.00 bits per heavy atom. The number of benzene rings is 1. The molecule has 0 bridgehead atoms. The Hall–Kier alpha value is -1.26. The van der Waals surface area contributed by atoms with E-state index in [4.69, 9.17) is 4.42 Å².